The molecule has 0 amide bonds. The van der Waals surface area contributed by atoms with Crippen LogP contribution in [0.5, 0.6) is 0 Å². The molecule has 6 heteroatoms. The zero-order valence-corrected chi connectivity index (χ0v) is 22.3. The SMILES string of the molecule is CC(C)(C)[Si](OC1CCN([C@@H]2c3cc(Cl)cc(F)c3C[C@H]2O)C1)(c1ccccc1)c1ccccc1. The first kappa shape index (κ1) is 24.7. The number of rotatable bonds is 5. The van der Waals surface area contributed by atoms with E-state index in [4.69, 9.17) is 16.0 Å². The minimum atomic E-state index is -2.66. The molecule has 1 aliphatic carbocycles. The Balaban J connectivity index is 1.48. The Hall–Kier alpha value is -2.02. The number of halogens is 2. The lowest BCUT2D eigenvalue weighted by Gasteiger charge is -2.44. The van der Waals surface area contributed by atoms with Gasteiger partial charge in [0.05, 0.1) is 18.2 Å². The topological polar surface area (TPSA) is 32.7 Å². The summed E-state index contributed by atoms with van der Waals surface area (Å²) in [5.41, 5.74) is 1.40. The normalized spacial score (nSPS) is 23.0. The first-order chi connectivity index (χ1) is 16.7. The van der Waals surface area contributed by atoms with Crippen molar-refractivity contribution in [2.75, 3.05) is 13.1 Å². The van der Waals surface area contributed by atoms with Crippen molar-refractivity contribution in [2.45, 2.75) is 56.9 Å². The highest BCUT2D eigenvalue weighted by Crippen LogP contribution is 2.42. The van der Waals surface area contributed by atoms with E-state index in [1.165, 1.54) is 16.4 Å². The molecule has 1 unspecified atom stereocenters. The molecule has 1 aliphatic heterocycles. The molecular formula is C29H33ClFNO2Si. The highest BCUT2D eigenvalue weighted by atomic mass is 35.5. The molecule has 3 atom stereocenters. The van der Waals surface area contributed by atoms with Crippen LogP contribution in [-0.2, 0) is 10.8 Å². The van der Waals surface area contributed by atoms with Gasteiger partial charge in [0, 0.05) is 24.5 Å². The fourth-order valence-corrected chi connectivity index (χ4v) is 11.0. The van der Waals surface area contributed by atoms with Crippen molar-refractivity contribution in [2.24, 2.45) is 0 Å². The predicted molar refractivity (Wildman–Crippen MR) is 143 cm³/mol. The Kier molecular flexibility index (Phi) is 6.66. The van der Waals surface area contributed by atoms with E-state index in [0.29, 0.717) is 23.6 Å². The summed E-state index contributed by atoms with van der Waals surface area (Å²) >= 11 is 6.19. The third-order valence-corrected chi connectivity index (χ3v) is 12.9. The number of fused-ring (bicyclic) bond motifs is 1. The monoisotopic (exact) mass is 509 g/mol. The molecule has 0 aromatic heterocycles. The minimum absolute atomic E-state index is 0.0154. The molecule has 0 bridgehead atoms. The van der Waals surface area contributed by atoms with Gasteiger partial charge in [-0.25, -0.2) is 4.39 Å². The lowest BCUT2D eigenvalue weighted by atomic mass is 10.1. The summed E-state index contributed by atoms with van der Waals surface area (Å²) in [6.07, 6.45) is 0.553. The molecule has 35 heavy (non-hydrogen) atoms. The number of hydrogen-bond donors (Lipinski definition) is 1. The quantitative estimate of drug-likeness (QED) is 0.486. The van der Waals surface area contributed by atoms with Crippen LogP contribution in [0.2, 0.25) is 10.1 Å². The lowest BCUT2D eigenvalue weighted by Crippen LogP contribution is -2.67. The Morgan fingerprint density at radius 2 is 1.60 bits per heavy atom. The number of hydrogen-bond acceptors (Lipinski definition) is 3. The molecule has 1 saturated heterocycles. The van der Waals surface area contributed by atoms with E-state index in [2.05, 4.69) is 86.3 Å². The summed E-state index contributed by atoms with van der Waals surface area (Å²) in [7, 11) is -2.66. The van der Waals surface area contributed by atoms with Gasteiger partial charge in [-0.15, -0.1) is 0 Å². The average Bonchev–Trinajstić information content (AvgIpc) is 3.41. The van der Waals surface area contributed by atoms with Gasteiger partial charge in [-0.05, 0) is 45.1 Å². The lowest BCUT2D eigenvalue weighted by molar-refractivity contribution is 0.0671. The number of nitrogens with zero attached hydrogens (tertiary/aromatic N) is 1. The van der Waals surface area contributed by atoms with Crippen LogP contribution < -0.4 is 10.4 Å². The van der Waals surface area contributed by atoms with Crippen molar-refractivity contribution in [3.63, 3.8) is 0 Å². The summed E-state index contributed by atoms with van der Waals surface area (Å²) in [5.74, 6) is -0.326. The Morgan fingerprint density at radius 1 is 1.00 bits per heavy atom. The van der Waals surface area contributed by atoms with Crippen molar-refractivity contribution in [1.29, 1.82) is 0 Å². The zero-order chi connectivity index (χ0) is 24.8. The molecular weight excluding hydrogens is 477 g/mol. The van der Waals surface area contributed by atoms with Gasteiger partial charge < -0.3 is 9.53 Å². The summed E-state index contributed by atoms with van der Waals surface area (Å²) in [6, 6.07) is 24.2. The van der Waals surface area contributed by atoms with Crippen LogP contribution in [-0.4, -0.2) is 43.6 Å². The maximum absolute atomic E-state index is 14.6. The fourth-order valence-electron chi connectivity index (χ4n) is 6.11. The molecule has 3 nitrogen and oxygen atoms in total. The molecule has 0 radical (unpaired) electrons. The van der Waals surface area contributed by atoms with Crippen LogP contribution in [0.25, 0.3) is 0 Å². The second kappa shape index (κ2) is 9.45. The predicted octanol–water partition coefficient (Wildman–Crippen LogP) is 5.09. The summed E-state index contributed by atoms with van der Waals surface area (Å²) < 4.78 is 21.9. The van der Waals surface area contributed by atoms with E-state index in [-0.39, 0.29) is 23.0 Å². The Bertz CT molecular complexity index is 1150. The van der Waals surface area contributed by atoms with Crippen molar-refractivity contribution < 1.29 is 13.9 Å². The highest BCUT2D eigenvalue weighted by molar-refractivity contribution is 6.99. The van der Waals surface area contributed by atoms with Crippen molar-refractivity contribution in [3.05, 3.63) is 94.8 Å². The summed E-state index contributed by atoms with van der Waals surface area (Å²) in [5, 5.41) is 13.7. The van der Waals surface area contributed by atoms with Crippen molar-refractivity contribution >= 4 is 30.3 Å². The summed E-state index contributed by atoms with van der Waals surface area (Å²) in [6.45, 7) is 8.34. The van der Waals surface area contributed by atoms with Crippen LogP contribution >= 0.6 is 11.6 Å². The van der Waals surface area contributed by atoms with Gasteiger partial charge in [0.2, 0.25) is 0 Å². The molecule has 3 aromatic carbocycles. The zero-order valence-electron chi connectivity index (χ0n) is 20.5. The van der Waals surface area contributed by atoms with Crippen LogP contribution in [0.4, 0.5) is 4.39 Å². The number of likely N-dealkylation sites (tertiary alicyclic amines) is 1. The van der Waals surface area contributed by atoms with E-state index in [1.807, 2.05) is 6.07 Å². The van der Waals surface area contributed by atoms with Crippen LogP contribution in [0, 0.1) is 5.82 Å². The van der Waals surface area contributed by atoms with Gasteiger partial charge in [0.1, 0.15) is 5.82 Å². The van der Waals surface area contributed by atoms with Crippen LogP contribution in [0.1, 0.15) is 44.4 Å². The first-order valence-electron chi connectivity index (χ1n) is 12.4. The van der Waals surface area contributed by atoms with Gasteiger partial charge in [-0.3, -0.25) is 4.90 Å². The van der Waals surface area contributed by atoms with Gasteiger partial charge in [0.15, 0.2) is 0 Å². The molecule has 184 valence electrons. The molecule has 2 aliphatic rings. The average molecular weight is 510 g/mol. The van der Waals surface area contributed by atoms with E-state index in [0.717, 1.165) is 18.5 Å². The Morgan fingerprint density at radius 3 is 2.17 bits per heavy atom. The minimum Gasteiger partial charge on any atom is -0.403 e. The van der Waals surface area contributed by atoms with E-state index < -0.39 is 14.4 Å². The number of aliphatic hydroxyl groups is 1. The molecule has 1 N–H and O–H groups in total. The maximum Gasteiger partial charge on any atom is 0.261 e. The second-order valence-corrected chi connectivity index (χ2v) is 15.5. The van der Waals surface area contributed by atoms with E-state index >= 15 is 0 Å². The third kappa shape index (κ3) is 4.38. The van der Waals surface area contributed by atoms with Crippen LogP contribution in [0.15, 0.2) is 72.8 Å². The first-order valence-corrected chi connectivity index (χ1v) is 14.7. The second-order valence-electron chi connectivity index (χ2n) is 10.9. The van der Waals surface area contributed by atoms with Gasteiger partial charge in [0.25, 0.3) is 8.32 Å². The van der Waals surface area contributed by atoms with E-state index in [1.54, 1.807) is 0 Å². The molecule has 3 aromatic rings. The highest BCUT2D eigenvalue weighted by Gasteiger charge is 2.52. The standard InChI is InChI=1S/C29H33ClFNO2Si/c1-29(2,3)35(22-10-6-4-7-11-22,23-12-8-5-9-13-23)34-21-14-15-32(19-21)28-25-16-20(30)17-26(31)24(25)18-27(28)33/h4-13,16-17,21,27-28,33H,14-15,18-19H2,1-3H3/t21?,27-,28-/m1/s1. The van der Waals surface area contributed by atoms with Gasteiger partial charge in [-0.2, -0.15) is 0 Å². The molecule has 1 fully saturated rings. The van der Waals surface area contributed by atoms with Crippen molar-refractivity contribution in [1.82, 2.24) is 4.90 Å². The summed E-state index contributed by atoms with van der Waals surface area (Å²) in [4.78, 5) is 2.26. The largest absolute Gasteiger partial charge is 0.403 e. The van der Waals surface area contributed by atoms with Crippen molar-refractivity contribution in [3.8, 4) is 0 Å². The molecule has 5 rings (SSSR count). The van der Waals surface area contributed by atoms with Gasteiger partial charge >= 0.3 is 0 Å². The Labute approximate surface area is 213 Å². The smallest absolute Gasteiger partial charge is 0.261 e. The van der Waals surface area contributed by atoms with E-state index in [9.17, 15) is 9.50 Å². The number of benzene rings is 3. The molecule has 1 heterocycles. The number of aliphatic hydroxyl groups excluding tert-OH is 1. The molecule has 0 saturated carbocycles. The third-order valence-electron chi connectivity index (χ3n) is 7.62. The fraction of sp³-hybridized carbons (Fsp3) is 0.379. The van der Waals surface area contributed by atoms with Gasteiger partial charge in [-0.1, -0.05) is 93.0 Å². The molecule has 0 spiro atoms. The maximum atomic E-state index is 14.6. The van der Waals surface area contributed by atoms with Crippen LogP contribution in [0.3, 0.4) is 0 Å².